The van der Waals surface area contributed by atoms with Crippen molar-refractivity contribution >= 4 is 5.91 Å². The number of carbonyl (C=O) groups is 1. The molecular weight excluding hydrogens is 420 g/mol. The van der Waals surface area contributed by atoms with Gasteiger partial charge < -0.3 is 14.8 Å². The average Bonchev–Trinajstić information content (AvgIpc) is 3.39. The fourth-order valence-electron chi connectivity index (χ4n) is 4.05. The van der Waals surface area contributed by atoms with Crippen molar-refractivity contribution in [2.24, 2.45) is 0 Å². The van der Waals surface area contributed by atoms with Crippen LogP contribution in [0.2, 0.25) is 0 Å². The molecule has 1 aliphatic heterocycles. The van der Waals surface area contributed by atoms with Crippen LogP contribution in [0.25, 0.3) is 5.69 Å². The molecule has 0 unspecified atom stereocenters. The summed E-state index contributed by atoms with van der Waals surface area (Å²) >= 11 is 0. The minimum atomic E-state index is -0.486. The van der Waals surface area contributed by atoms with Crippen molar-refractivity contribution in [3.05, 3.63) is 82.3 Å². The van der Waals surface area contributed by atoms with Gasteiger partial charge in [0.05, 0.1) is 25.9 Å². The molecule has 0 aliphatic carbocycles. The lowest BCUT2D eigenvalue weighted by molar-refractivity contribution is 0.0930. The molecule has 33 heavy (non-hydrogen) atoms. The van der Waals surface area contributed by atoms with Crippen molar-refractivity contribution in [1.29, 1.82) is 0 Å². The van der Waals surface area contributed by atoms with E-state index in [1.54, 1.807) is 32.5 Å². The number of aromatic nitrogens is 2. The molecule has 8 heteroatoms. The van der Waals surface area contributed by atoms with Crippen LogP contribution in [0.1, 0.15) is 34.9 Å². The number of nitrogens with zero attached hydrogens (tertiary/aromatic N) is 3. The van der Waals surface area contributed by atoms with Crippen LogP contribution in [0.3, 0.4) is 0 Å². The molecule has 1 aromatic heterocycles. The van der Waals surface area contributed by atoms with Crippen LogP contribution in [0.5, 0.6) is 11.5 Å². The van der Waals surface area contributed by atoms with Crippen molar-refractivity contribution in [2.75, 3.05) is 33.9 Å². The molecule has 4 rings (SSSR count). The summed E-state index contributed by atoms with van der Waals surface area (Å²) in [4.78, 5) is 27.7. The molecule has 0 radical (unpaired) electrons. The monoisotopic (exact) mass is 448 g/mol. The Balaban J connectivity index is 1.52. The third-order valence-corrected chi connectivity index (χ3v) is 5.90. The van der Waals surface area contributed by atoms with Crippen LogP contribution >= 0.6 is 0 Å². The number of amides is 1. The molecule has 0 saturated carbocycles. The molecule has 1 saturated heterocycles. The maximum atomic E-state index is 13.0. The number of hydrogen-bond donors (Lipinski definition) is 1. The van der Waals surface area contributed by atoms with Gasteiger partial charge in [-0.2, -0.15) is 5.10 Å². The molecule has 0 spiro atoms. The maximum absolute atomic E-state index is 13.0. The van der Waals surface area contributed by atoms with Gasteiger partial charge in [-0.25, -0.2) is 4.68 Å². The fraction of sp³-hybridized carbons (Fsp3) is 0.320. The first-order valence-corrected chi connectivity index (χ1v) is 11.0. The van der Waals surface area contributed by atoms with E-state index in [1.165, 1.54) is 10.7 Å². The van der Waals surface area contributed by atoms with Crippen LogP contribution < -0.4 is 20.2 Å². The summed E-state index contributed by atoms with van der Waals surface area (Å²) in [7, 11) is 3.23. The molecule has 2 heterocycles. The van der Waals surface area contributed by atoms with E-state index in [9.17, 15) is 9.59 Å². The van der Waals surface area contributed by atoms with Gasteiger partial charge >= 0.3 is 0 Å². The summed E-state index contributed by atoms with van der Waals surface area (Å²) in [5.74, 6) is 1.01. The number of methoxy groups -OCH3 is 2. The zero-order valence-electron chi connectivity index (χ0n) is 18.9. The van der Waals surface area contributed by atoms with Crippen LogP contribution in [0.4, 0.5) is 0 Å². The zero-order valence-corrected chi connectivity index (χ0v) is 18.9. The van der Waals surface area contributed by atoms with Crippen molar-refractivity contribution in [1.82, 2.24) is 20.0 Å². The summed E-state index contributed by atoms with van der Waals surface area (Å²) in [6.45, 7) is 2.32. The van der Waals surface area contributed by atoms with Gasteiger partial charge in [-0.3, -0.25) is 14.5 Å². The summed E-state index contributed by atoms with van der Waals surface area (Å²) in [5, 5.41) is 7.22. The highest BCUT2D eigenvalue weighted by atomic mass is 16.5. The Kier molecular flexibility index (Phi) is 7.04. The lowest BCUT2D eigenvalue weighted by Gasteiger charge is -2.28. The van der Waals surface area contributed by atoms with Gasteiger partial charge in [-0.15, -0.1) is 0 Å². The first-order chi connectivity index (χ1) is 16.1. The van der Waals surface area contributed by atoms with Gasteiger partial charge in [-0.1, -0.05) is 12.1 Å². The Labute approximate surface area is 192 Å². The van der Waals surface area contributed by atoms with E-state index in [1.807, 2.05) is 36.4 Å². The number of carbonyl (C=O) groups excluding carboxylic acids is 1. The van der Waals surface area contributed by atoms with Gasteiger partial charge in [0, 0.05) is 18.8 Å². The van der Waals surface area contributed by atoms with Crippen molar-refractivity contribution in [3.8, 4) is 17.2 Å². The van der Waals surface area contributed by atoms with E-state index in [0.29, 0.717) is 12.3 Å². The molecule has 3 aromatic rings. The Morgan fingerprint density at radius 2 is 1.58 bits per heavy atom. The van der Waals surface area contributed by atoms with Gasteiger partial charge in [0.1, 0.15) is 11.5 Å². The van der Waals surface area contributed by atoms with E-state index in [-0.39, 0.29) is 11.7 Å². The predicted molar refractivity (Wildman–Crippen MR) is 125 cm³/mol. The molecule has 1 aliphatic rings. The Bertz CT molecular complexity index is 1140. The second-order valence-corrected chi connectivity index (χ2v) is 7.91. The Hall–Kier alpha value is -3.65. The van der Waals surface area contributed by atoms with E-state index < -0.39 is 11.3 Å². The third kappa shape index (κ3) is 5.23. The predicted octanol–water partition coefficient (Wildman–Crippen LogP) is 2.82. The highest BCUT2D eigenvalue weighted by Crippen LogP contribution is 2.26. The fourth-order valence-corrected chi connectivity index (χ4v) is 4.05. The zero-order chi connectivity index (χ0) is 23.2. The third-order valence-electron chi connectivity index (χ3n) is 5.90. The largest absolute Gasteiger partial charge is 0.497 e. The summed E-state index contributed by atoms with van der Waals surface area (Å²) < 4.78 is 12.0. The van der Waals surface area contributed by atoms with Crippen LogP contribution in [-0.2, 0) is 0 Å². The normalized spacial score (nSPS) is 14.6. The molecular formula is C25H28N4O4. The topological polar surface area (TPSA) is 85.7 Å². The SMILES string of the molecule is COc1ccc([C@H](CNC(=O)c2nn(-c3ccc(OC)cc3)ccc2=O)N2CCCC2)cc1. The highest BCUT2D eigenvalue weighted by Gasteiger charge is 2.25. The van der Waals surface area contributed by atoms with Gasteiger partial charge in [0.2, 0.25) is 5.43 Å². The molecule has 0 bridgehead atoms. The smallest absolute Gasteiger partial charge is 0.275 e. The van der Waals surface area contributed by atoms with Crippen LogP contribution in [0.15, 0.2) is 65.6 Å². The maximum Gasteiger partial charge on any atom is 0.275 e. The molecule has 1 fully saturated rings. The van der Waals surface area contributed by atoms with E-state index >= 15 is 0 Å². The van der Waals surface area contributed by atoms with Crippen molar-refractivity contribution in [3.63, 3.8) is 0 Å². The Morgan fingerprint density at radius 3 is 2.18 bits per heavy atom. The van der Waals surface area contributed by atoms with Crippen molar-refractivity contribution in [2.45, 2.75) is 18.9 Å². The Morgan fingerprint density at radius 1 is 0.970 bits per heavy atom. The van der Waals surface area contributed by atoms with Gasteiger partial charge in [-0.05, 0) is 67.9 Å². The minimum Gasteiger partial charge on any atom is -0.497 e. The highest BCUT2D eigenvalue weighted by molar-refractivity contribution is 5.92. The number of hydrogen-bond acceptors (Lipinski definition) is 6. The molecule has 2 aromatic carbocycles. The van der Waals surface area contributed by atoms with E-state index in [2.05, 4.69) is 15.3 Å². The molecule has 1 atom stereocenters. The van der Waals surface area contributed by atoms with Crippen LogP contribution in [-0.4, -0.2) is 54.4 Å². The van der Waals surface area contributed by atoms with Crippen LogP contribution in [0, 0.1) is 0 Å². The van der Waals surface area contributed by atoms with Crippen molar-refractivity contribution < 1.29 is 14.3 Å². The minimum absolute atomic E-state index is 0.00915. The lowest BCUT2D eigenvalue weighted by atomic mass is 10.1. The number of nitrogens with one attached hydrogen (secondary N) is 1. The number of ether oxygens (including phenoxy) is 2. The first-order valence-electron chi connectivity index (χ1n) is 11.0. The average molecular weight is 449 g/mol. The molecule has 172 valence electrons. The summed E-state index contributed by atoms with van der Waals surface area (Å²) in [6.07, 6.45) is 3.81. The summed E-state index contributed by atoms with van der Waals surface area (Å²) in [6, 6.07) is 16.5. The number of rotatable bonds is 8. The lowest BCUT2D eigenvalue weighted by Crippen LogP contribution is -2.39. The first kappa shape index (κ1) is 22.5. The molecule has 1 N–H and O–H groups in total. The van der Waals surface area contributed by atoms with Gasteiger partial charge in [0.15, 0.2) is 5.69 Å². The second kappa shape index (κ2) is 10.3. The van der Waals surface area contributed by atoms with Gasteiger partial charge in [0.25, 0.3) is 5.91 Å². The van der Waals surface area contributed by atoms with E-state index in [4.69, 9.17) is 9.47 Å². The number of benzene rings is 2. The summed E-state index contributed by atoms with van der Waals surface area (Å²) in [5.41, 5.74) is 1.26. The molecule has 8 nitrogen and oxygen atoms in total. The standard InChI is InChI=1S/C25H28N4O4/c1-32-20-9-5-18(6-10-20)22(28-14-3-4-15-28)17-26-25(31)24-23(30)13-16-29(27-24)19-7-11-21(33-2)12-8-19/h5-13,16,22H,3-4,14-15,17H2,1-2H3,(H,26,31)/t22-/m0/s1. The quantitative estimate of drug-likeness (QED) is 0.570. The number of likely N-dealkylation sites (tertiary alicyclic amines) is 1. The molecule has 1 amide bonds. The van der Waals surface area contributed by atoms with E-state index in [0.717, 1.165) is 42.9 Å². The second-order valence-electron chi connectivity index (χ2n) is 7.91.